The maximum Gasteiger partial charge on any atom is 0.239 e. The number of carbonyl (C=O) groups is 1. The van der Waals surface area contributed by atoms with E-state index in [1.165, 1.54) is 4.88 Å². The van der Waals surface area contributed by atoms with Crippen LogP contribution in [0.3, 0.4) is 0 Å². The van der Waals surface area contributed by atoms with E-state index in [1.54, 1.807) is 18.4 Å². The van der Waals surface area contributed by atoms with Gasteiger partial charge in [0.25, 0.3) is 0 Å². The fourth-order valence-electron chi connectivity index (χ4n) is 2.05. The van der Waals surface area contributed by atoms with E-state index >= 15 is 0 Å². The molecule has 0 atom stereocenters. The molecule has 0 aliphatic heterocycles. The third-order valence-electron chi connectivity index (χ3n) is 3.27. The second-order valence-electron chi connectivity index (χ2n) is 5.23. The van der Waals surface area contributed by atoms with E-state index < -0.39 is 0 Å². The summed E-state index contributed by atoms with van der Waals surface area (Å²) in [6, 6.07) is 9.82. The number of aliphatic imine (C=N–C) groups is 1. The number of aromatic nitrogens is 1. The standard InChI is InChI=1S/C17H23N5OS/c1-13-10-21-16(24-13)8-9-19-17(18-2)22-12-15(23)20-11-14-6-4-3-5-7-14/h3-7,10H,8-9,11-12H2,1-2H3,(H,20,23)(H2,18,19,22). The lowest BCUT2D eigenvalue weighted by atomic mass is 10.2. The first-order valence-corrected chi connectivity index (χ1v) is 8.65. The average Bonchev–Trinajstić information content (AvgIpc) is 3.02. The second-order valence-corrected chi connectivity index (χ2v) is 6.55. The molecule has 0 unspecified atom stereocenters. The minimum Gasteiger partial charge on any atom is -0.356 e. The predicted molar refractivity (Wildman–Crippen MR) is 98.2 cm³/mol. The Hall–Kier alpha value is -2.41. The van der Waals surface area contributed by atoms with Crippen LogP contribution in [0.4, 0.5) is 0 Å². The van der Waals surface area contributed by atoms with Gasteiger partial charge in [0.1, 0.15) is 0 Å². The summed E-state index contributed by atoms with van der Waals surface area (Å²) < 4.78 is 0. The molecule has 0 spiro atoms. The van der Waals surface area contributed by atoms with Crippen LogP contribution in [0.2, 0.25) is 0 Å². The van der Waals surface area contributed by atoms with Gasteiger partial charge in [-0.05, 0) is 12.5 Å². The van der Waals surface area contributed by atoms with Crippen molar-refractivity contribution in [3.63, 3.8) is 0 Å². The van der Waals surface area contributed by atoms with Crippen LogP contribution < -0.4 is 16.0 Å². The van der Waals surface area contributed by atoms with E-state index in [0.29, 0.717) is 12.5 Å². The largest absolute Gasteiger partial charge is 0.356 e. The van der Waals surface area contributed by atoms with Crippen LogP contribution in [0.5, 0.6) is 0 Å². The van der Waals surface area contributed by atoms with Gasteiger partial charge in [0.2, 0.25) is 5.91 Å². The fraction of sp³-hybridized carbons (Fsp3) is 0.353. The maximum atomic E-state index is 11.9. The zero-order valence-electron chi connectivity index (χ0n) is 14.0. The Balaban J connectivity index is 1.64. The molecule has 1 amide bonds. The molecule has 1 aromatic carbocycles. The first kappa shape index (κ1) is 17.9. The van der Waals surface area contributed by atoms with Gasteiger partial charge in [-0.2, -0.15) is 0 Å². The van der Waals surface area contributed by atoms with Crippen LogP contribution in [0.25, 0.3) is 0 Å². The highest BCUT2D eigenvalue weighted by Gasteiger charge is 2.04. The summed E-state index contributed by atoms with van der Waals surface area (Å²) >= 11 is 1.69. The number of carbonyl (C=O) groups excluding carboxylic acids is 1. The van der Waals surface area contributed by atoms with Crippen LogP contribution in [-0.2, 0) is 17.8 Å². The summed E-state index contributed by atoms with van der Waals surface area (Å²) in [6.45, 7) is 3.47. The monoisotopic (exact) mass is 345 g/mol. The summed E-state index contributed by atoms with van der Waals surface area (Å²) in [5.74, 6) is 0.537. The van der Waals surface area contributed by atoms with Crippen molar-refractivity contribution in [2.24, 2.45) is 4.99 Å². The third kappa shape index (κ3) is 6.37. The van der Waals surface area contributed by atoms with E-state index in [-0.39, 0.29) is 12.5 Å². The van der Waals surface area contributed by atoms with Crippen LogP contribution >= 0.6 is 11.3 Å². The van der Waals surface area contributed by atoms with Gasteiger partial charge in [-0.25, -0.2) is 4.98 Å². The van der Waals surface area contributed by atoms with E-state index in [4.69, 9.17) is 0 Å². The normalized spacial score (nSPS) is 11.2. The molecule has 0 aliphatic rings. The van der Waals surface area contributed by atoms with Gasteiger partial charge in [0.15, 0.2) is 5.96 Å². The minimum atomic E-state index is -0.0719. The molecule has 0 aliphatic carbocycles. The molecular weight excluding hydrogens is 322 g/mol. The zero-order valence-corrected chi connectivity index (χ0v) is 14.8. The topological polar surface area (TPSA) is 78.4 Å². The number of aryl methyl sites for hydroxylation is 1. The minimum absolute atomic E-state index is 0.0719. The Morgan fingerprint density at radius 1 is 1.21 bits per heavy atom. The van der Waals surface area contributed by atoms with Crippen molar-refractivity contribution in [3.05, 3.63) is 52.0 Å². The number of nitrogens with zero attached hydrogens (tertiary/aromatic N) is 2. The first-order chi connectivity index (χ1) is 11.7. The number of benzene rings is 1. The number of thiazole rings is 1. The maximum absolute atomic E-state index is 11.9. The van der Waals surface area contributed by atoms with Crippen molar-refractivity contribution in [2.45, 2.75) is 19.9 Å². The molecule has 3 N–H and O–H groups in total. The number of amides is 1. The lowest BCUT2D eigenvalue weighted by Crippen LogP contribution is -2.43. The number of rotatable bonds is 7. The molecule has 0 saturated heterocycles. The quantitative estimate of drug-likeness (QED) is 0.525. The molecule has 1 aromatic heterocycles. The summed E-state index contributed by atoms with van der Waals surface area (Å²) in [5, 5.41) is 10.2. The van der Waals surface area contributed by atoms with E-state index in [9.17, 15) is 4.79 Å². The van der Waals surface area contributed by atoms with Crippen molar-refractivity contribution in [1.29, 1.82) is 0 Å². The Bertz CT molecular complexity index is 669. The molecule has 24 heavy (non-hydrogen) atoms. The highest BCUT2D eigenvalue weighted by molar-refractivity contribution is 7.11. The Labute approximate surface area is 146 Å². The molecule has 2 aromatic rings. The van der Waals surface area contributed by atoms with Crippen molar-refractivity contribution in [3.8, 4) is 0 Å². The summed E-state index contributed by atoms with van der Waals surface area (Å²) in [4.78, 5) is 21.5. The van der Waals surface area contributed by atoms with Gasteiger partial charge in [-0.15, -0.1) is 11.3 Å². The molecule has 0 bridgehead atoms. The molecular formula is C17H23N5OS. The van der Waals surface area contributed by atoms with Crippen LogP contribution in [0.1, 0.15) is 15.4 Å². The molecule has 128 valence electrons. The highest BCUT2D eigenvalue weighted by atomic mass is 32.1. The van der Waals surface area contributed by atoms with Crippen LogP contribution in [-0.4, -0.2) is 37.0 Å². The molecule has 1 heterocycles. The Morgan fingerprint density at radius 3 is 2.67 bits per heavy atom. The summed E-state index contributed by atoms with van der Waals surface area (Å²) in [5.41, 5.74) is 1.08. The molecule has 2 rings (SSSR count). The predicted octanol–water partition coefficient (Wildman–Crippen LogP) is 1.48. The van der Waals surface area contributed by atoms with Crippen LogP contribution in [0.15, 0.2) is 41.5 Å². The van der Waals surface area contributed by atoms with E-state index in [0.717, 1.165) is 23.5 Å². The smallest absolute Gasteiger partial charge is 0.239 e. The van der Waals surface area contributed by atoms with Crippen molar-refractivity contribution in [2.75, 3.05) is 20.1 Å². The lowest BCUT2D eigenvalue weighted by Gasteiger charge is -2.11. The molecule has 7 heteroatoms. The van der Waals surface area contributed by atoms with Gasteiger partial charge in [-0.3, -0.25) is 9.79 Å². The van der Waals surface area contributed by atoms with Gasteiger partial charge in [-0.1, -0.05) is 30.3 Å². The average molecular weight is 345 g/mol. The summed E-state index contributed by atoms with van der Waals surface area (Å²) in [7, 11) is 1.69. The fourth-order valence-corrected chi connectivity index (χ4v) is 2.84. The zero-order chi connectivity index (χ0) is 17.2. The van der Waals surface area contributed by atoms with Crippen molar-refractivity contribution < 1.29 is 4.79 Å². The Morgan fingerprint density at radius 2 is 2.00 bits per heavy atom. The lowest BCUT2D eigenvalue weighted by molar-refractivity contribution is -0.120. The summed E-state index contributed by atoms with van der Waals surface area (Å²) in [6.07, 6.45) is 2.71. The van der Waals surface area contributed by atoms with E-state index in [1.807, 2.05) is 43.5 Å². The second kappa shape index (κ2) is 9.67. The molecule has 0 fully saturated rings. The molecule has 0 saturated carbocycles. The van der Waals surface area contributed by atoms with Gasteiger partial charge in [0, 0.05) is 37.6 Å². The van der Waals surface area contributed by atoms with E-state index in [2.05, 4.69) is 25.9 Å². The van der Waals surface area contributed by atoms with Gasteiger partial charge in [0.05, 0.1) is 11.6 Å². The third-order valence-corrected chi connectivity index (χ3v) is 4.25. The van der Waals surface area contributed by atoms with Gasteiger partial charge >= 0.3 is 0 Å². The number of hydrogen-bond donors (Lipinski definition) is 3. The highest BCUT2D eigenvalue weighted by Crippen LogP contribution is 2.10. The van der Waals surface area contributed by atoms with Gasteiger partial charge < -0.3 is 16.0 Å². The molecule has 0 radical (unpaired) electrons. The van der Waals surface area contributed by atoms with Crippen molar-refractivity contribution in [1.82, 2.24) is 20.9 Å². The van der Waals surface area contributed by atoms with Crippen LogP contribution in [0, 0.1) is 6.92 Å². The number of nitrogens with one attached hydrogen (secondary N) is 3. The first-order valence-electron chi connectivity index (χ1n) is 7.84. The number of hydrogen-bond acceptors (Lipinski definition) is 4. The molecule has 6 nitrogen and oxygen atoms in total. The Kier molecular flexibility index (Phi) is 7.22. The SMILES string of the molecule is CN=C(NCCc1ncc(C)s1)NCC(=O)NCc1ccccc1. The number of guanidine groups is 1. The van der Waals surface area contributed by atoms with Crippen molar-refractivity contribution >= 4 is 23.2 Å².